The lowest BCUT2D eigenvalue weighted by Crippen LogP contribution is -2.13. The summed E-state index contributed by atoms with van der Waals surface area (Å²) < 4.78 is 18.1. The van der Waals surface area contributed by atoms with Gasteiger partial charge < -0.3 is 10.1 Å². The fraction of sp³-hybridized carbons (Fsp3) is 0.444. The number of halogens is 1. The zero-order valence-corrected chi connectivity index (χ0v) is 7.80. The normalized spacial score (nSPS) is 10.1. The molecule has 0 bridgehead atoms. The lowest BCUT2D eigenvalue weighted by molar-refractivity contribution is 0.366. The van der Waals surface area contributed by atoms with Gasteiger partial charge in [0.1, 0.15) is 0 Å². The first-order valence-corrected chi connectivity index (χ1v) is 4.17. The summed E-state index contributed by atoms with van der Waals surface area (Å²) >= 11 is 0. The van der Waals surface area contributed by atoms with Crippen molar-refractivity contribution >= 4 is 0 Å². The van der Waals surface area contributed by atoms with Gasteiger partial charge >= 0.3 is 0 Å². The topological polar surface area (TPSA) is 34.2 Å². The minimum absolute atomic E-state index is 0.0513. The number of nitrogens with one attached hydrogen (secondary N) is 1. The van der Waals surface area contributed by atoms with Crippen molar-refractivity contribution in [3.63, 3.8) is 0 Å². The van der Waals surface area contributed by atoms with Crippen molar-refractivity contribution < 1.29 is 9.13 Å². The Bertz CT molecular complexity index is 278. The quantitative estimate of drug-likeness (QED) is 0.766. The molecule has 0 radical (unpaired) electrons. The predicted molar refractivity (Wildman–Crippen MR) is 48.1 cm³/mol. The molecule has 0 aliphatic heterocycles. The minimum atomic E-state index is -0.383. The number of hydrogen-bond donors (Lipinski definition) is 1. The first-order chi connectivity index (χ1) is 6.29. The second kappa shape index (κ2) is 4.77. The van der Waals surface area contributed by atoms with Crippen LogP contribution in [0.4, 0.5) is 4.39 Å². The van der Waals surface area contributed by atoms with Gasteiger partial charge in [-0.25, -0.2) is 9.37 Å². The van der Waals surface area contributed by atoms with Gasteiger partial charge in [-0.2, -0.15) is 0 Å². The van der Waals surface area contributed by atoms with Crippen LogP contribution in [0, 0.1) is 5.82 Å². The highest BCUT2D eigenvalue weighted by atomic mass is 19.1. The van der Waals surface area contributed by atoms with Gasteiger partial charge in [-0.15, -0.1) is 0 Å². The molecule has 4 heteroatoms. The lowest BCUT2D eigenvalue weighted by atomic mass is 10.2. The van der Waals surface area contributed by atoms with Crippen LogP contribution in [-0.4, -0.2) is 18.6 Å². The Morgan fingerprint density at radius 2 is 2.38 bits per heavy atom. The molecule has 1 aromatic rings. The fourth-order valence-electron chi connectivity index (χ4n) is 1.00. The average Bonchev–Trinajstić information content (AvgIpc) is 2.16. The van der Waals surface area contributed by atoms with Crippen LogP contribution in [0.25, 0.3) is 0 Å². The van der Waals surface area contributed by atoms with Crippen LogP contribution in [0.2, 0.25) is 0 Å². The fourth-order valence-corrected chi connectivity index (χ4v) is 1.00. The Hall–Kier alpha value is -1.16. The molecule has 1 N–H and O–H groups in total. The third kappa shape index (κ3) is 2.39. The van der Waals surface area contributed by atoms with Gasteiger partial charge in [0, 0.05) is 18.3 Å². The molecule has 0 unspecified atom stereocenters. The number of methoxy groups -OCH3 is 1. The molecule has 0 saturated heterocycles. The van der Waals surface area contributed by atoms with Gasteiger partial charge in [0.05, 0.1) is 7.11 Å². The van der Waals surface area contributed by atoms with Crippen molar-refractivity contribution in [1.82, 2.24) is 10.3 Å². The maximum atomic E-state index is 13.4. The number of ether oxygens (including phenoxy) is 1. The monoisotopic (exact) mass is 184 g/mol. The molecule has 0 spiro atoms. The molecule has 1 heterocycles. The zero-order valence-electron chi connectivity index (χ0n) is 7.80. The van der Waals surface area contributed by atoms with E-state index in [2.05, 4.69) is 10.3 Å². The van der Waals surface area contributed by atoms with Crippen LogP contribution in [0.1, 0.15) is 12.5 Å². The molecule has 3 nitrogen and oxygen atoms in total. The standard InChI is InChI=1S/C9H13FN2O/c1-3-11-6-7-4-5-12-9(13-2)8(7)10/h4-5,11H,3,6H2,1-2H3. The Morgan fingerprint density at radius 1 is 1.62 bits per heavy atom. The van der Waals surface area contributed by atoms with E-state index in [1.54, 1.807) is 6.07 Å². The molecule has 1 aromatic heterocycles. The van der Waals surface area contributed by atoms with E-state index in [0.717, 1.165) is 6.54 Å². The predicted octanol–water partition coefficient (Wildman–Crippen LogP) is 1.34. The first kappa shape index (κ1) is 9.92. The van der Waals surface area contributed by atoms with Crippen molar-refractivity contribution in [2.24, 2.45) is 0 Å². The van der Waals surface area contributed by atoms with E-state index in [-0.39, 0.29) is 11.7 Å². The molecule has 0 saturated carbocycles. The number of aromatic nitrogens is 1. The van der Waals surface area contributed by atoms with Crippen molar-refractivity contribution in [3.05, 3.63) is 23.6 Å². The Kier molecular flexibility index (Phi) is 3.64. The molecule has 1 rings (SSSR count). The van der Waals surface area contributed by atoms with E-state index in [1.807, 2.05) is 6.92 Å². The summed E-state index contributed by atoms with van der Waals surface area (Å²) in [5, 5.41) is 3.03. The summed E-state index contributed by atoms with van der Waals surface area (Å²) in [7, 11) is 1.41. The average molecular weight is 184 g/mol. The number of rotatable bonds is 4. The van der Waals surface area contributed by atoms with Crippen LogP contribution in [0.5, 0.6) is 5.88 Å². The van der Waals surface area contributed by atoms with Gasteiger partial charge in [0.15, 0.2) is 5.82 Å². The summed E-state index contributed by atoms with van der Waals surface area (Å²) in [6.07, 6.45) is 1.54. The Labute approximate surface area is 76.9 Å². The summed E-state index contributed by atoms with van der Waals surface area (Å²) in [5.74, 6) is -0.332. The van der Waals surface area contributed by atoms with Crippen LogP contribution >= 0.6 is 0 Å². The van der Waals surface area contributed by atoms with E-state index in [1.165, 1.54) is 13.3 Å². The lowest BCUT2D eigenvalue weighted by Gasteiger charge is -2.05. The Balaban J connectivity index is 2.81. The smallest absolute Gasteiger partial charge is 0.250 e. The number of pyridine rings is 1. The zero-order chi connectivity index (χ0) is 9.68. The van der Waals surface area contributed by atoms with Gasteiger partial charge in [-0.05, 0) is 12.6 Å². The molecular weight excluding hydrogens is 171 g/mol. The summed E-state index contributed by atoms with van der Waals surface area (Å²) in [4.78, 5) is 3.74. The highest BCUT2D eigenvalue weighted by Gasteiger charge is 2.08. The largest absolute Gasteiger partial charge is 0.479 e. The molecule has 0 fully saturated rings. The molecule has 13 heavy (non-hydrogen) atoms. The van der Waals surface area contributed by atoms with E-state index < -0.39 is 0 Å². The molecule has 0 aliphatic carbocycles. The molecule has 0 aliphatic rings. The van der Waals surface area contributed by atoms with Crippen molar-refractivity contribution in [2.75, 3.05) is 13.7 Å². The van der Waals surface area contributed by atoms with E-state index >= 15 is 0 Å². The van der Waals surface area contributed by atoms with Crippen LogP contribution in [0.3, 0.4) is 0 Å². The number of nitrogens with zero attached hydrogens (tertiary/aromatic N) is 1. The summed E-state index contributed by atoms with van der Waals surface area (Å²) in [6.45, 7) is 3.28. The third-order valence-corrected chi connectivity index (χ3v) is 1.70. The van der Waals surface area contributed by atoms with Gasteiger partial charge in [-0.3, -0.25) is 0 Å². The highest BCUT2D eigenvalue weighted by molar-refractivity contribution is 5.23. The maximum Gasteiger partial charge on any atom is 0.250 e. The molecule has 0 aromatic carbocycles. The van der Waals surface area contributed by atoms with Crippen molar-refractivity contribution in [2.45, 2.75) is 13.5 Å². The molecule has 0 amide bonds. The van der Waals surface area contributed by atoms with Gasteiger partial charge in [-0.1, -0.05) is 6.92 Å². The molecular formula is C9H13FN2O. The summed E-state index contributed by atoms with van der Waals surface area (Å²) in [6, 6.07) is 1.64. The van der Waals surface area contributed by atoms with Gasteiger partial charge in [0.25, 0.3) is 0 Å². The van der Waals surface area contributed by atoms with E-state index in [4.69, 9.17) is 4.74 Å². The minimum Gasteiger partial charge on any atom is -0.479 e. The van der Waals surface area contributed by atoms with Crippen molar-refractivity contribution in [1.29, 1.82) is 0 Å². The highest BCUT2D eigenvalue weighted by Crippen LogP contribution is 2.16. The van der Waals surface area contributed by atoms with Crippen molar-refractivity contribution in [3.8, 4) is 5.88 Å². The summed E-state index contributed by atoms with van der Waals surface area (Å²) in [5.41, 5.74) is 0.578. The second-order valence-electron chi connectivity index (χ2n) is 2.57. The van der Waals surface area contributed by atoms with Crippen LogP contribution < -0.4 is 10.1 Å². The SMILES string of the molecule is CCNCc1ccnc(OC)c1F. The van der Waals surface area contributed by atoms with E-state index in [0.29, 0.717) is 12.1 Å². The maximum absolute atomic E-state index is 13.4. The van der Waals surface area contributed by atoms with Crippen LogP contribution in [0.15, 0.2) is 12.3 Å². The van der Waals surface area contributed by atoms with E-state index in [9.17, 15) is 4.39 Å². The Morgan fingerprint density at radius 3 is 3.00 bits per heavy atom. The first-order valence-electron chi connectivity index (χ1n) is 4.17. The third-order valence-electron chi connectivity index (χ3n) is 1.70. The molecule has 0 atom stereocenters. The second-order valence-corrected chi connectivity index (χ2v) is 2.57. The number of hydrogen-bond acceptors (Lipinski definition) is 3. The van der Waals surface area contributed by atoms with Crippen LogP contribution in [-0.2, 0) is 6.54 Å². The van der Waals surface area contributed by atoms with Gasteiger partial charge in [0.2, 0.25) is 5.88 Å². The molecule has 72 valence electrons.